The van der Waals surface area contributed by atoms with Crippen LogP contribution >= 0.6 is 0 Å². The maximum absolute atomic E-state index is 9.92. The van der Waals surface area contributed by atoms with Crippen molar-refractivity contribution in [2.45, 2.75) is 25.7 Å². The van der Waals surface area contributed by atoms with E-state index in [4.69, 9.17) is 9.84 Å². The Kier molecular flexibility index (Phi) is 1.57. The molecule has 0 spiro atoms. The number of amides is 1. The highest BCUT2D eigenvalue weighted by molar-refractivity contribution is 5.65. The highest BCUT2D eigenvalue weighted by Crippen LogP contribution is 2.21. The van der Waals surface area contributed by atoms with Gasteiger partial charge in [0, 0.05) is 0 Å². The molecule has 52 valence electrons. The van der Waals surface area contributed by atoms with Crippen LogP contribution in [0.25, 0.3) is 0 Å². The van der Waals surface area contributed by atoms with Crippen molar-refractivity contribution in [3.63, 3.8) is 0 Å². The summed E-state index contributed by atoms with van der Waals surface area (Å²) in [7, 11) is 0. The van der Waals surface area contributed by atoms with Crippen molar-refractivity contribution < 1.29 is 14.6 Å². The second kappa shape index (κ2) is 2.23. The van der Waals surface area contributed by atoms with Crippen molar-refractivity contribution in [3.8, 4) is 0 Å². The molecule has 0 saturated carbocycles. The quantitative estimate of drug-likeness (QED) is 0.533. The molecule has 1 fully saturated rings. The van der Waals surface area contributed by atoms with Crippen LogP contribution in [0.5, 0.6) is 0 Å². The van der Waals surface area contributed by atoms with Crippen molar-refractivity contribution >= 4 is 6.09 Å². The van der Waals surface area contributed by atoms with Gasteiger partial charge >= 0.3 is 6.09 Å². The minimum absolute atomic E-state index is 0.112. The van der Waals surface area contributed by atoms with Crippen LogP contribution < -0.4 is 5.32 Å². The molecule has 2 unspecified atom stereocenters. The van der Waals surface area contributed by atoms with Crippen molar-refractivity contribution in [2.24, 2.45) is 0 Å². The van der Waals surface area contributed by atoms with Crippen molar-refractivity contribution in [1.29, 1.82) is 0 Å². The predicted molar refractivity (Wildman–Crippen MR) is 30.1 cm³/mol. The first-order chi connectivity index (χ1) is 4.24. The van der Waals surface area contributed by atoms with Gasteiger partial charge in [0.1, 0.15) is 6.10 Å². The van der Waals surface area contributed by atoms with E-state index in [1.54, 1.807) is 0 Å². The zero-order valence-corrected chi connectivity index (χ0v) is 5.13. The second-order valence-electron chi connectivity index (χ2n) is 1.95. The topological polar surface area (TPSA) is 61.9 Å². The molecule has 2 atom stereocenters. The van der Waals surface area contributed by atoms with Gasteiger partial charge < -0.3 is 9.84 Å². The zero-order chi connectivity index (χ0) is 6.85. The maximum atomic E-state index is 9.92. The van der Waals surface area contributed by atoms with E-state index in [9.17, 15) is 4.79 Å². The number of hydrogen-bond acceptors (Lipinski definition) is 2. The van der Waals surface area contributed by atoms with E-state index >= 15 is 0 Å². The Morgan fingerprint density at radius 3 is 2.89 bits per heavy atom. The first-order valence-corrected chi connectivity index (χ1v) is 2.89. The molecule has 4 heteroatoms. The number of carboxylic acid groups (broad SMARTS) is 1. The monoisotopic (exact) mass is 131 g/mol. The predicted octanol–water partition coefficient (Wildman–Crippen LogP) is 0.389. The van der Waals surface area contributed by atoms with Crippen molar-refractivity contribution in [2.75, 3.05) is 0 Å². The van der Waals surface area contributed by atoms with E-state index in [0.29, 0.717) is 0 Å². The van der Waals surface area contributed by atoms with Gasteiger partial charge in [0.2, 0.25) is 0 Å². The molecule has 0 aromatic rings. The second-order valence-corrected chi connectivity index (χ2v) is 1.95. The summed E-state index contributed by atoms with van der Waals surface area (Å²) in [6.07, 6.45) is -0.283. The lowest BCUT2D eigenvalue weighted by atomic mass is 10.3. The average Bonchev–Trinajstić information content (AvgIpc) is 2.45. The summed E-state index contributed by atoms with van der Waals surface area (Å²) in [5.41, 5.74) is 0. The lowest BCUT2D eigenvalue weighted by Gasteiger charge is -1.89. The molecule has 1 aliphatic rings. The van der Waals surface area contributed by atoms with Gasteiger partial charge in [-0.25, -0.2) is 4.79 Å². The number of carbonyl (C=O) groups is 1. The molecular formula is C5H9NO3. The first-order valence-electron chi connectivity index (χ1n) is 2.89. The van der Waals surface area contributed by atoms with E-state index < -0.39 is 6.09 Å². The standard InChI is InChI=1S/C5H9NO3/c1-2-3-4(9-3)6-5(7)8/h3-4,6H,2H2,1H3,(H,7,8). The van der Waals surface area contributed by atoms with E-state index in [1.165, 1.54) is 0 Å². The third-order valence-corrected chi connectivity index (χ3v) is 1.25. The van der Waals surface area contributed by atoms with Crippen LogP contribution in [0, 0.1) is 0 Å². The van der Waals surface area contributed by atoms with Gasteiger partial charge in [0.15, 0.2) is 6.23 Å². The van der Waals surface area contributed by atoms with E-state index in [1.807, 2.05) is 6.92 Å². The maximum Gasteiger partial charge on any atom is 0.406 e. The molecule has 0 radical (unpaired) electrons. The van der Waals surface area contributed by atoms with E-state index in [0.717, 1.165) is 6.42 Å². The third kappa shape index (κ3) is 1.57. The van der Waals surface area contributed by atoms with Gasteiger partial charge in [-0.05, 0) is 6.42 Å². The van der Waals surface area contributed by atoms with E-state index in [2.05, 4.69) is 5.32 Å². The minimum atomic E-state index is -1.02. The van der Waals surface area contributed by atoms with Gasteiger partial charge in [0.25, 0.3) is 0 Å². The molecule has 1 rings (SSSR count). The molecule has 0 aromatic heterocycles. The molecule has 0 bridgehead atoms. The summed E-state index contributed by atoms with van der Waals surface area (Å²) in [5, 5.41) is 10.4. The Bertz CT molecular complexity index is 125. The molecule has 4 nitrogen and oxygen atoms in total. The van der Waals surface area contributed by atoms with Gasteiger partial charge in [-0.2, -0.15) is 0 Å². The lowest BCUT2D eigenvalue weighted by Crippen LogP contribution is -2.25. The van der Waals surface area contributed by atoms with Crippen LogP contribution in [-0.2, 0) is 4.74 Å². The molecular weight excluding hydrogens is 122 g/mol. The van der Waals surface area contributed by atoms with Crippen LogP contribution in [0.15, 0.2) is 0 Å². The van der Waals surface area contributed by atoms with Crippen molar-refractivity contribution in [3.05, 3.63) is 0 Å². The van der Waals surface area contributed by atoms with Crippen LogP contribution in [0.2, 0.25) is 0 Å². The molecule has 9 heavy (non-hydrogen) atoms. The van der Waals surface area contributed by atoms with E-state index in [-0.39, 0.29) is 12.3 Å². The smallest absolute Gasteiger partial charge is 0.406 e. The average molecular weight is 131 g/mol. The van der Waals surface area contributed by atoms with Crippen molar-refractivity contribution in [1.82, 2.24) is 5.32 Å². The Labute approximate surface area is 52.8 Å². The van der Waals surface area contributed by atoms with Crippen LogP contribution in [0.1, 0.15) is 13.3 Å². The SMILES string of the molecule is CCC1OC1NC(=O)O. The summed E-state index contributed by atoms with van der Waals surface area (Å²) < 4.78 is 4.88. The van der Waals surface area contributed by atoms with Gasteiger partial charge in [-0.15, -0.1) is 0 Å². The fourth-order valence-corrected chi connectivity index (χ4v) is 0.702. The molecule has 0 aromatic carbocycles. The molecule has 0 aliphatic carbocycles. The van der Waals surface area contributed by atoms with Crippen LogP contribution in [0.3, 0.4) is 0 Å². The fourth-order valence-electron chi connectivity index (χ4n) is 0.702. The summed E-state index contributed by atoms with van der Waals surface area (Å²) in [4.78, 5) is 9.92. The fraction of sp³-hybridized carbons (Fsp3) is 0.800. The Morgan fingerprint density at radius 2 is 2.56 bits per heavy atom. The number of epoxide rings is 1. The summed E-state index contributed by atoms with van der Waals surface area (Å²) in [6.45, 7) is 1.95. The number of rotatable bonds is 2. The minimum Gasteiger partial charge on any atom is -0.465 e. The number of hydrogen-bond donors (Lipinski definition) is 2. The van der Waals surface area contributed by atoms with Crippen LogP contribution in [-0.4, -0.2) is 23.5 Å². The molecule has 1 aliphatic heterocycles. The van der Waals surface area contributed by atoms with Crippen LogP contribution in [0.4, 0.5) is 4.79 Å². The highest BCUT2D eigenvalue weighted by Gasteiger charge is 2.38. The normalized spacial score (nSPS) is 31.7. The molecule has 1 heterocycles. The van der Waals surface area contributed by atoms with Gasteiger partial charge in [-0.3, -0.25) is 5.32 Å². The number of ether oxygens (including phenoxy) is 1. The summed E-state index contributed by atoms with van der Waals surface area (Å²) >= 11 is 0. The Hall–Kier alpha value is -0.770. The molecule has 2 N–H and O–H groups in total. The summed E-state index contributed by atoms with van der Waals surface area (Å²) in [6, 6.07) is 0. The molecule has 1 saturated heterocycles. The zero-order valence-electron chi connectivity index (χ0n) is 5.13. The van der Waals surface area contributed by atoms with Gasteiger partial charge in [-0.1, -0.05) is 6.92 Å². The largest absolute Gasteiger partial charge is 0.465 e. The highest BCUT2D eigenvalue weighted by atomic mass is 16.6. The number of nitrogens with one attached hydrogen (secondary N) is 1. The molecule has 1 amide bonds. The summed E-state index contributed by atoms with van der Waals surface area (Å²) in [5.74, 6) is 0. The van der Waals surface area contributed by atoms with Gasteiger partial charge in [0.05, 0.1) is 0 Å². The Balaban J connectivity index is 2.12. The Morgan fingerprint density at radius 1 is 1.89 bits per heavy atom. The first kappa shape index (κ1) is 6.35. The third-order valence-electron chi connectivity index (χ3n) is 1.25. The lowest BCUT2D eigenvalue weighted by molar-refractivity contribution is 0.188.